The van der Waals surface area contributed by atoms with E-state index in [2.05, 4.69) is 13.5 Å². The highest BCUT2D eigenvalue weighted by atomic mass is 32.2. The quantitative estimate of drug-likeness (QED) is 0.434. The van der Waals surface area contributed by atoms with Crippen LogP contribution < -0.4 is 0 Å². The Morgan fingerprint density at radius 3 is 2.91 bits per heavy atom. The third-order valence-corrected chi connectivity index (χ3v) is 2.27. The minimum Gasteiger partial charge on any atom is -0.299 e. The Hall–Kier alpha value is -0.240. The fraction of sp³-hybridized carbons (Fsp3) is 0.667. The van der Waals surface area contributed by atoms with Gasteiger partial charge in [0.15, 0.2) is 0 Å². The molecule has 0 unspecified atom stereocenters. The van der Waals surface area contributed by atoms with Gasteiger partial charge in [0.25, 0.3) is 0 Å². The summed E-state index contributed by atoms with van der Waals surface area (Å²) in [5, 5.41) is 0. The minimum absolute atomic E-state index is 0.374. The third kappa shape index (κ3) is 7.66. The predicted molar refractivity (Wildman–Crippen MR) is 52.1 cm³/mol. The van der Waals surface area contributed by atoms with Gasteiger partial charge in [-0.05, 0) is 18.6 Å². The van der Waals surface area contributed by atoms with Gasteiger partial charge < -0.3 is 0 Å². The summed E-state index contributed by atoms with van der Waals surface area (Å²) in [5.74, 6) is 2.10. The second-order valence-electron chi connectivity index (χ2n) is 2.36. The number of hydrogen-bond acceptors (Lipinski definition) is 2. The number of hydrogen-bond donors (Lipinski definition) is 0. The van der Waals surface area contributed by atoms with Crippen molar-refractivity contribution in [1.29, 1.82) is 0 Å². The number of rotatable bonds is 7. The van der Waals surface area contributed by atoms with Crippen molar-refractivity contribution in [3.05, 3.63) is 12.7 Å². The topological polar surface area (TPSA) is 17.1 Å². The molecule has 2 heteroatoms. The zero-order chi connectivity index (χ0) is 8.53. The van der Waals surface area contributed by atoms with E-state index in [0.717, 1.165) is 25.0 Å². The van der Waals surface area contributed by atoms with Crippen LogP contribution in [0.25, 0.3) is 0 Å². The highest BCUT2D eigenvalue weighted by Gasteiger charge is 1.98. The smallest absolute Gasteiger partial charge is 0.142 e. The van der Waals surface area contributed by atoms with E-state index in [0.29, 0.717) is 11.5 Å². The van der Waals surface area contributed by atoms with Crippen molar-refractivity contribution in [1.82, 2.24) is 0 Å². The standard InChI is InChI=1S/C9H16OS/c1-3-5-6-7-9(10)8-11-4-2/h3H,1,4-8H2,2H3. The molecule has 0 aromatic heterocycles. The number of allylic oxidation sites excluding steroid dienone is 1. The Morgan fingerprint density at radius 2 is 2.36 bits per heavy atom. The molecule has 0 rings (SSSR count). The van der Waals surface area contributed by atoms with Crippen molar-refractivity contribution >= 4 is 17.5 Å². The molecular formula is C9H16OS. The van der Waals surface area contributed by atoms with Crippen LogP contribution in [-0.4, -0.2) is 17.3 Å². The maximum Gasteiger partial charge on any atom is 0.142 e. The highest BCUT2D eigenvalue weighted by Crippen LogP contribution is 2.03. The first-order valence-electron chi connectivity index (χ1n) is 4.01. The molecule has 0 spiro atoms. The van der Waals surface area contributed by atoms with Crippen molar-refractivity contribution < 1.29 is 4.79 Å². The Kier molecular flexibility index (Phi) is 7.69. The molecule has 0 radical (unpaired) electrons. The molecule has 0 atom stereocenters. The van der Waals surface area contributed by atoms with Crippen molar-refractivity contribution in [3.63, 3.8) is 0 Å². The van der Waals surface area contributed by atoms with Gasteiger partial charge in [0.1, 0.15) is 5.78 Å². The zero-order valence-electron chi connectivity index (χ0n) is 7.14. The van der Waals surface area contributed by atoms with Crippen molar-refractivity contribution in [2.75, 3.05) is 11.5 Å². The van der Waals surface area contributed by atoms with Crippen LogP contribution in [-0.2, 0) is 4.79 Å². The summed E-state index contributed by atoms with van der Waals surface area (Å²) < 4.78 is 0. The van der Waals surface area contributed by atoms with Crippen LogP contribution >= 0.6 is 11.8 Å². The second-order valence-corrected chi connectivity index (χ2v) is 3.63. The zero-order valence-corrected chi connectivity index (χ0v) is 7.95. The number of ketones is 1. The molecule has 0 aliphatic carbocycles. The largest absolute Gasteiger partial charge is 0.299 e. The molecule has 0 aromatic rings. The van der Waals surface area contributed by atoms with Gasteiger partial charge in [0.05, 0.1) is 5.75 Å². The minimum atomic E-state index is 0.374. The van der Waals surface area contributed by atoms with E-state index in [1.165, 1.54) is 0 Å². The molecule has 64 valence electrons. The average molecular weight is 172 g/mol. The van der Waals surface area contributed by atoms with Gasteiger partial charge in [-0.25, -0.2) is 0 Å². The summed E-state index contributed by atoms with van der Waals surface area (Å²) in [7, 11) is 0. The summed E-state index contributed by atoms with van der Waals surface area (Å²) in [6.45, 7) is 5.67. The van der Waals surface area contributed by atoms with Gasteiger partial charge in [0, 0.05) is 6.42 Å². The summed E-state index contributed by atoms with van der Waals surface area (Å²) in [6, 6.07) is 0. The van der Waals surface area contributed by atoms with Crippen LogP contribution in [0.5, 0.6) is 0 Å². The molecule has 0 fully saturated rings. The van der Waals surface area contributed by atoms with E-state index >= 15 is 0 Å². The summed E-state index contributed by atoms with van der Waals surface area (Å²) in [5.41, 5.74) is 0. The third-order valence-electron chi connectivity index (χ3n) is 1.33. The van der Waals surface area contributed by atoms with Gasteiger partial charge in [0.2, 0.25) is 0 Å². The predicted octanol–water partition coefficient (Wildman–Crippen LogP) is 2.66. The van der Waals surface area contributed by atoms with Gasteiger partial charge in [-0.3, -0.25) is 4.79 Å². The molecule has 0 aromatic carbocycles. The number of thioether (sulfide) groups is 1. The van der Waals surface area contributed by atoms with Crippen molar-refractivity contribution in [2.45, 2.75) is 26.2 Å². The molecule has 0 heterocycles. The number of carbonyl (C=O) groups excluding carboxylic acids is 1. The average Bonchev–Trinajstić information content (AvgIpc) is 2.01. The first-order chi connectivity index (χ1) is 5.31. The lowest BCUT2D eigenvalue weighted by molar-refractivity contribution is -0.116. The van der Waals surface area contributed by atoms with Crippen LogP contribution in [0.4, 0.5) is 0 Å². The number of unbranched alkanes of at least 4 members (excludes halogenated alkanes) is 1. The Morgan fingerprint density at radius 1 is 1.64 bits per heavy atom. The SMILES string of the molecule is C=CCCCC(=O)CSCC. The lowest BCUT2D eigenvalue weighted by atomic mass is 10.2. The molecule has 1 nitrogen and oxygen atoms in total. The van der Waals surface area contributed by atoms with Crippen LogP contribution in [0.15, 0.2) is 12.7 Å². The Bertz CT molecular complexity index is 121. The van der Waals surface area contributed by atoms with E-state index in [9.17, 15) is 4.79 Å². The molecule has 0 aliphatic heterocycles. The Balaban J connectivity index is 3.15. The first kappa shape index (κ1) is 10.8. The monoisotopic (exact) mass is 172 g/mol. The van der Waals surface area contributed by atoms with Crippen LogP contribution in [0.3, 0.4) is 0 Å². The molecule has 11 heavy (non-hydrogen) atoms. The Labute approximate surface area is 73.3 Å². The van der Waals surface area contributed by atoms with Crippen molar-refractivity contribution in [2.24, 2.45) is 0 Å². The van der Waals surface area contributed by atoms with Crippen LogP contribution in [0.1, 0.15) is 26.2 Å². The fourth-order valence-corrected chi connectivity index (χ4v) is 1.31. The van der Waals surface area contributed by atoms with Gasteiger partial charge in [-0.2, -0.15) is 11.8 Å². The molecule has 0 saturated carbocycles. The number of carbonyl (C=O) groups is 1. The van der Waals surface area contributed by atoms with E-state index in [1.54, 1.807) is 11.8 Å². The maximum absolute atomic E-state index is 11.0. The molecule has 0 N–H and O–H groups in total. The molecule has 0 bridgehead atoms. The van der Waals surface area contributed by atoms with E-state index < -0.39 is 0 Å². The van der Waals surface area contributed by atoms with Gasteiger partial charge in [-0.15, -0.1) is 6.58 Å². The maximum atomic E-state index is 11.0. The lowest BCUT2D eigenvalue weighted by Crippen LogP contribution is -2.00. The van der Waals surface area contributed by atoms with E-state index in [1.807, 2.05) is 6.08 Å². The number of Topliss-reactive ketones (excluding diaryl/α,β-unsaturated/α-hetero) is 1. The molecule has 0 aliphatic rings. The van der Waals surface area contributed by atoms with E-state index in [4.69, 9.17) is 0 Å². The second kappa shape index (κ2) is 7.86. The highest BCUT2D eigenvalue weighted by molar-refractivity contribution is 7.99. The summed E-state index contributed by atoms with van der Waals surface area (Å²) in [6.07, 6.45) is 4.51. The van der Waals surface area contributed by atoms with Crippen LogP contribution in [0.2, 0.25) is 0 Å². The van der Waals surface area contributed by atoms with Crippen LogP contribution in [0, 0.1) is 0 Å². The van der Waals surface area contributed by atoms with Gasteiger partial charge >= 0.3 is 0 Å². The first-order valence-corrected chi connectivity index (χ1v) is 5.17. The lowest BCUT2D eigenvalue weighted by Gasteiger charge is -1.96. The summed E-state index contributed by atoms with van der Waals surface area (Å²) in [4.78, 5) is 11.0. The molecular weight excluding hydrogens is 156 g/mol. The van der Waals surface area contributed by atoms with E-state index in [-0.39, 0.29) is 0 Å². The fourth-order valence-electron chi connectivity index (χ4n) is 0.732. The van der Waals surface area contributed by atoms with Gasteiger partial charge in [-0.1, -0.05) is 13.0 Å². The normalized spacial score (nSPS) is 9.55. The van der Waals surface area contributed by atoms with Crippen molar-refractivity contribution in [3.8, 4) is 0 Å². The molecule has 0 saturated heterocycles. The summed E-state index contributed by atoms with van der Waals surface area (Å²) >= 11 is 1.70. The molecule has 0 amide bonds.